The number of rotatable bonds is 5. The molecule has 2 aromatic carbocycles. The third-order valence-electron chi connectivity index (χ3n) is 3.44. The molecule has 9 heteroatoms. The highest BCUT2D eigenvalue weighted by atomic mass is 35.5. The summed E-state index contributed by atoms with van der Waals surface area (Å²) >= 11 is 5.78. The minimum Gasteiger partial charge on any atom is -0.271 e. The van der Waals surface area contributed by atoms with Gasteiger partial charge in [-0.3, -0.25) is 20.4 Å². The van der Waals surface area contributed by atoms with Crippen LogP contribution < -0.4 is 15.6 Å². The molecule has 2 amide bonds. The van der Waals surface area contributed by atoms with Gasteiger partial charge in [0.25, 0.3) is 11.8 Å². The molecule has 0 radical (unpaired) electrons. The molecule has 0 bridgehead atoms. The predicted octanol–water partition coefficient (Wildman–Crippen LogP) is 1.78. The van der Waals surface area contributed by atoms with Crippen molar-refractivity contribution in [3.63, 3.8) is 0 Å². The molecule has 2 rings (SSSR count). The zero-order valence-electron chi connectivity index (χ0n) is 14.1. The monoisotopic (exact) mass is 395 g/mol. The summed E-state index contributed by atoms with van der Waals surface area (Å²) in [7, 11) is -3.93. The molecule has 0 aliphatic heterocycles. The van der Waals surface area contributed by atoms with Crippen LogP contribution in [-0.2, 0) is 14.8 Å². The maximum Gasteiger partial charge on any atom is 0.269 e. The van der Waals surface area contributed by atoms with Crippen LogP contribution in [0, 0.1) is 6.92 Å². The second kappa shape index (κ2) is 8.31. The zero-order valence-corrected chi connectivity index (χ0v) is 15.7. The Labute approximate surface area is 156 Å². The van der Waals surface area contributed by atoms with Gasteiger partial charge < -0.3 is 0 Å². The number of hydrazine groups is 1. The number of benzene rings is 2. The van der Waals surface area contributed by atoms with Crippen LogP contribution in [0.1, 0.15) is 22.8 Å². The molecule has 26 heavy (non-hydrogen) atoms. The van der Waals surface area contributed by atoms with Gasteiger partial charge in [0.15, 0.2) is 0 Å². The number of hydrogen-bond donors (Lipinski definition) is 3. The first kappa shape index (κ1) is 19.9. The zero-order chi connectivity index (χ0) is 19.3. The highest BCUT2D eigenvalue weighted by molar-refractivity contribution is 7.89. The summed E-state index contributed by atoms with van der Waals surface area (Å²) in [6, 6.07) is 11.3. The largest absolute Gasteiger partial charge is 0.271 e. The van der Waals surface area contributed by atoms with E-state index < -0.39 is 27.9 Å². The van der Waals surface area contributed by atoms with E-state index in [2.05, 4.69) is 15.6 Å². The number of nitrogens with one attached hydrogen (secondary N) is 3. The van der Waals surface area contributed by atoms with Gasteiger partial charge in [0.05, 0.1) is 10.9 Å². The molecule has 0 spiro atoms. The van der Waals surface area contributed by atoms with Crippen molar-refractivity contribution in [2.75, 3.05) is 0 Å². The van der Waals surface area contributed by atoms with E-state index in [1.54, 1.807) is 24.3 Å². The molecule has 138 valence electrons. The van der Waals surface area contributed by atoms with E-state index in [0.29, 0.717) is 5.56 Å². The van der Waals surface area contributed by atoms with Crippen molar-refractivity contribution in [3.8, 4) is 0 Å². The molecule has 2 aromatic rings. The Balaban J connectivity index is 1.95. The average Bonchev–Trinajstić information content (AvgIpc) is 2.59. The minimum absolute atomic E-state index is 0.0617. The van der Waals surface area contributed by atoms with Crippen molar-refractivity contribution < 1.29 is 18.0 Å². The topological polar surface area (TPSA) is 104 Å². The third kappa shape index (κ3) is 5.29. The molecule has 7 nitrogen and oxygen atoms in total. The second-order valence-corrected chi connectivity index (χ2v) is 7.76. The van der Waals surface area contributed by atoms with E-state index in [1.165, 1.54) is 31.2 Å². The molecular formula is C17H18ClN3O4S. The Morgan fingerprint density at radius 2 is 1.69 bits per heavy atom. The lowest BCUT2D eigenvalue weighted by atomic mass is 10.1. The molecule has 0 aliphatic rings. The minimum atomic E-state index is -3.93. The fourth-order valence-electron chi connectivity index (χ4n) is 1.99. The lowest BCUT2D eigenvalue weighted by molar-refractivity contribution is -0.123. The van der Waals surface area contributed by atoms with Crippen LogP contribution in [0.15, 0.2) is 53.4 Å². The van der Waals surface area contributed by atoms with Crippen molar-refractivity contribution in [1.29, 1.82) is 0 Å². The van der Waals surface area contributed by atoms with Gasteiger partial charge in [-0.25, -0.2) is 8.42 Å². The van der Waals surface area contributed by atoms with Crippen LogP contribution in [0.4, 0.5) is 0 Å². The lowest BCUT2D eigenvalue weighted by Crippen LogP contribution is -2.51. The number of aryl methyl sites for hydroxylation is 1. The Hall–Kier alpha value is -2.42. The van der Waals surface area contributed by atoms with Crippen LogP contribution in [0.25, 0.3) is 0 Å². The fraction of sp³-hybridized carbons (Fsp3) is 0.176. The summed E-state index contributed by atoms with van der Waals surface area (Å²) in [6.07, 6.45) is 0. The average molecular weight is 396 g/mol. The SMILES string of the molecule is Cc1ccc(C(=O)NNC(=O)[C@H](C)NS(=O)(=O)c2cccc(Cl)c2)cc1. The Morgan fingerprint density at radius 3 is 2.31 bits per heavy atom. The fourth-order valence-corrected chi connectivity index (χ4v) is 3.50. The Kier molecular flexibility index (Phi) is 6.36. The molecule has 0 saturated carbocycles. The maximum atomic E-state index is 12.3. The van der Waals surface area contributed by atoms with Gasteiger partial charge in [0.1, 0.15) is 0 Å². The van der Waals surface area contributed by atoms with E-state index in [4.69, 9.17) is 11.6 Å². The van der Waals surface area contributed by atoms with Crippen LogP contribution >= 0.6 is 11.6 Å². The highest BCUT2D eigenvalue weighted by Crippen LogP contribution is 2.15. The highest BCUT2D eigenvalue weighted by Gasteiger charge is 2.22. The number of halogens is 1. The van der Waals surface area contributed by atoms with Crippen molar-refractivity contribution in [2.45, 2.75) is 24.8 Å². The molecule has 3 N–H and O–H groups in total. The van der Waals surface area contributed by atoms with Crippen molar-refractivity contribution in [2.24, 2.45) is 0 Å². The van der Waals surface area contributed by atoms with Crippen LogP contribution in [0.5, 0.6) is 0 Å². The molecule has 0 heterocycles. The van der Waals surface area contributed by atoms with Gasteiger partial charge >= 0.3 is 0 Å². The summed E-state index contributed by atoms with van der Waals surface area (Å²) in [5.41, 5.74) is 5.79. The maximum absolute atomic E-state index is 12.3. The number of carbonyl (C=O) groups excluding carboxylic acids is 2. The molecule has 0 saturated heterocycles. The molecule has 0 aromatic heterocycles. The lowest BCUT2D eigenvalue weighted by Gasteiger charge is -2.15. The van der Waals surface area contributed by atoms with Crippen LogP contribution in [-0.4, -0.2) is 26.3 Å². The van der Waals surface area contributed by atoms with Crippen molar-refractivity contribution in [1.82, 2.24) is 15.6 Å². The second-order valence-electron chi connectivity index (χ2n) is 5.61. The van der Waals surface area contributed by atoms with E-state index in [-0.39, 0.29) is 9.92 Å². The normalized spacial score (nSPS) is 12.3. The molecule has 0 fully saturated rings. The summed E-state index contributed by atoms with van der Waals surface area (Å²) < 4.78 is 26.7. The third-order valence-corrected chi connectivity index (χ3v) is 5.22. The van der Waals surface area contributed by atoms with Gasteiger partial charge in [-0.15, -0.1) is 0 Å². The smallest absolute Gasteiger partial charge is 0.269 e. The summed E-state index contributed by atoms with van der Waals surface area (Å²) in [5.74, 6) is -1.22. The van der Waals surface area contributed by atoms with Crippen LogP contribution in [0.2, 0.25) is 5.02 Å². The van der Waals surface area contributed by atoms with Gasteiger partial charge in [-0.05, 0) is 44.2 Å². The van der Waals surface area contributed by atoms with E-state index in [1.807, 2.05) is 6.92 Å². The predicted molar refractivity (Wildman–Crippen MR) is 98.0 cm³/mol. The van der Waals surface area contributed by atoms with Crippen molar-refractivity contribution >= 4 is 33.4 Å². The van der Waals surface area contributed by atoms with Crippen molar-refractivity contribution in [3.05, 3.63) is 64.7 Å². The first-order valence-electron chi connectivity index (χ1n) is 7.64. The number of sulfonamides is 1. The molecular weight excluding hydrogens is 378 g/mol. The van der Waals surface area contributed by atoms with Crippen LogP contribution in [0.3, 0.4) is 0 Å². The molecule has 1 atom stereocenters. The summed E-state index contributed by atoms with van der Waals surface area (Å²) in [6.45, 7) is 3.24. The Morgan fingerprint density at radius 1 is 1.04 bits per heavy atom. The first-order chi connectivity index (χ1) is 12.2. The number of carbonyl (C=O) groups is 2. The van der Waals surface area contributed by atoms with Gasteiger partial charge in [0, 0.05) is 10.6 Å². The first-order valence-corrected chi connectivity index (χ1v) is 9.50. The van der Waals surface area contributed by atoms with E-state index in [0.717, 1.165) is 5.56 Å². The summed E-state index contributed by atoms with van der Waals surface area (Å²) in [4.78, 5) is 23.9. The quantitative estimate of drug-likeness (QED) is 0.671. The van der Waals surface area contributed by atoms with Gasteiger partial charge in [-0.1, -0.05) is 35.4 Å². The van der Waals surface area contributed by atoms with Gasteiger partial charge in [0.2, 0.25) is 10.0 Å². The standard InChI is InChI=1S/C17H18ClN3O4S/c1-11-6-8-13(9-7-11)17(23)20-19-16(22)12(2)21-26(24,25)15-5-3-4-14(18)10-15/h3-10,12,21H,1-2H3,(H,19,22)(H,20,23)/t12-/m0/s1. The Bertz CT molecular complexity index is 914. The number of hydrogen-bond acceptors (Lipinski definition) is 4. The van der Waals surface area contributed by atoms with E-state index in [9.17, 15) is 18.0 Å². The van der Waals surface area contributed by atoms with E-state index >= 15 is 0 Å². The number of amides is 2. The molecule has 0 aliphatic carbocycles. The van der Waals surface area contributed by atoms with Gasteiger partial charge in [-0.2, -0.15) is 4.72 Å². The summed E-state index contributed by atoms with van der Waals surface area (Å²) in [5, 5.41) is 0.260. The molecule has 0 unspecified atom stereocenters.